The van der Waals surface area contributed by atoms with Gasteiger partial charge in [0.25, 0.3) is 0 Å². The van der Waals surface area contributed by atoms with Crippen molar-refractivity contribution < 1.29 is 0 Å². The van der Waals surface area contributed by atoms with E-state index >= 15 is 0 Å². The fourth-order valence-electron chi connectivity index (χ4n) is 1.61. The second kappa shape index (κ2) is 4.71. The molecule has 1 atom stereocenters. The molecule has 0 amide bonds. The van der Waals surface area contributed by atoms with E-state index < -0.39 is 0 Å². The summed E-state index contributed by atoms with van der Waals surface area (Å²) in [5.74, 6) is 0. The average molecular weight is 237 g/mol. The summed E-state index contributed by atoms with van der Waals surface area (Å²) in [4.78, 5) is 1.05. The van der Waals surface area contributed by atoms with Crippen molar-refractivity contribution in [3.8, 4) is 0 Å². The Morgan fingerprint density at radius 1 is 1.56 bits per heavy atom. The molecule has 16 heavy (non-hydrogen) atoms. The van der Waals surface area contributed by atoms with Gasteiger partial charge in [0, 0.05) is 18.8 Å². The first-order chi connectivity index (χ1) is 7.72. The number of nitrogens with zero attached hydrogens (tertiary/aromatic N) is 4. The van der Waals surface area contributed by atoms with Crippen molar-refractivity contribution in [2.75, 3.05) is 0 Å². The zero-order valence-electron chi connectivity index (χ0n) is 9.42. The minimum absolute atomic E-state index is 0.157. The van der Waals surface area contributed by atoms with Crippen LogP contribution in [-0.2, 0) is 13.5 Å². The van der Waals surface area contributed by atoms with E-state index in [1.165, 1.54) is 11.5 Å². The maximum atomic E-state index is 6.18. The normalized spacial score (nSPS) is 12.9. The summed E-state index contributed by atoms with van der Waals surface area (Å²) in [5, 5.41) is 8.24. The topological polar surface area (TPSA) is 69.6 Å². The van der Waals surface area contributed by atoms with Crippen LogP contribution < -0.4 is 5.73 Å². The quantitative estimate of drug-likeness (QED) is 0.869. The third-order valence-electron chi connectivity index (χ3n) is 2.44. The molecule has 0 saturated carbocycles. The van der Waals surface area contributed by atoms with Gasteiger partial charge in [-0.1, -0.05) is 17.8 Å². The van der Waals surface area contributed by atoms with Gasteiger partial charge in [0.1, 0.15) is 0 Å². The van der Waals surface area contributed by atoms with Crippen LogP contribution in [0.4, 0.5) is 0 Å². The Hall–Kier alpha value is -1.27. The lowest BCUT2D eigenvalue weighted by atomic mass is 10.1. The summed E-state index contributed by atoms with van der Waals surface area (Å²) in [7, 11) is 1.88. The molecule has 2 aromatic rings. The monoisotopic (exact) mass is 237 g/mol. The van der Waals surface area contributed by atoms with Crippen molar-refractivity contribution in [2.24, 2.45) is 12.8 Å². The molecule has 1 unspecified atom stereocenters. The molecule has 0 radical (unpaired) electrons. The minimum Gasteiger partial charge on any atom is -0.319 e. The molecule has 0 bridgehead atoms. The second-order valence-corrected chi connectivity index (χ2v) is 4.54. The molecular formula is C10H15N5S. The van der Waals surface area contributed by atoms with Gasteiger partial charge in [-0.3, -0.25) is 4.68 Å². The first kappa shape index (κ1) is 11.2. The Balaban J connectivity index is 2.26. The molecule has 0 aromatic carbocycles. The highest BCUT2D eigenvalue weighted by Crippen LogP contribution is 2.25. The van der Waals surface area contributed by atoms with E-state index in [2.05, 4.69) is 21.6 Å². The molecule has 2 N–H and O–H groups in total. The zero-order chi connectivity index (χ0) is 11.5. The first-order valence-electron chi connectivity index (χ1n) is 5.27. The van der Waals surface area contributed by atoms with Crippen molar-refractivity contribution in [3.63, 3.8) is 0 Å². The lowest BCUT2D eigenvalue weighted by Crippen LogP contribution is -2.11. The van der Waals surface area contributed by atoms with Gasteiger partial charge in [-0.25, -0.2) is 0 Å². The molecule has 2 aromatic heterocycles. The Morgan fingerprint density at radius 3 is 3.00 bits per heavy atom. The largest absolute Gasteiger partial charge is 0.319 e. The number of rotatable bonds is 4. The number of hydrogen-bond donors (Lipinski definition) is 1. The van der Waals surface area contributed by atoms with Crippen LogP contribution in [0.1, 0.15) is 35.5 Å². The Bertz CT molecular complexity index is 461. The number of hydrogen-bond acceptors (Lipinski definition) is 5. The third kappa shape index (κ3) is 2.12. The van der Waals surface area contributed by atoms with Crippen molar-refractivity contribution in [3.05, 3.63) is 28.5 Å². The zero-order valence-corrected chi connectivity index (χ0v) is 10.2. The van der Waals surface area contributed by atoms with Gasteiger partial charge in [0.05, 0.1) is 22.8 Å². The van der Waals surface area contributed by atoms with Crippen LogP contribution in [0.3, 0.4) is 0 Å². The van der Waals surface area contributed by atoms with Crippen LogP contribution in [0.15, 0.2) is 12.4 Å². The maximum absolute atomic E-state index is 6.18. The van der Waals surface area contributed by atoms with Crippen LogP contribution >= 0.6 is 11.5 Å². The Kier molecular flexibility index (Phi) is 3.31. The van der Waals surface area contributed by atoms with Crippen LogP contribution in [0, 0.1) is 0 Å². The number of aromatic nitrogens is 4. The highest BCUT2D eigenvalue weighted by atomic mass is 32.1. The fraction of sp³-hybridized carbons (Fsp3) is 0.500. The second-order valence-electron chi connectivity index (χ2n) is 3.76. The molecule has 0 aliphatic heterocycles. The van der Waals surface area contributed by atoms with Crippen LogP contribution in [0.5, 0.6) is 0 Å². The third-order valence-corrected chi connectivity index (χ3v) is 3.29. The molecule has 0 spiro atoms. The van der Waals surface area contributed by atoms with E-state index in [1.807, 2.05) is 13.2 Å². The molecule has 0 fully saturated rings. The van der Waals surface area contributed by atoms with E-state index in [0.717, 1.165) is 29.0 Å². The van der Waals surface area contributed by atoms with Gasteiger partial charge in [-0.05, 0) is 18.0 Å². The Morgan fingerprint density at radius 2 is 2.38 bits per heavy atom. The van der Waals surface area contributed by atoms with E-state index in [0.29, 0.717) is 0 Å². The van der Waals surface area contributed by atoms with Crippen molar-refractivity contribution in [1.29, 1.82) is 0 Å². The summed E-state index contributed by atoms with van der Waals surface area (Å²) < 4.78 is 5.73. The molecule has 86 valence electrons. The number of nitrogens with two attached hydrogens (primary N) is 1. The van der Waals surface area contributed by atoms with Crippen molar-refractivity contribution in [2.45, 2.75) is 25.8 Å². The highest BCUT2D eigenvalue weighted by Gasteiger charge is 2.17. The van der Waals surface area contributed by atoms with Crippen LogP contribution in [0.25, 0.3) is 0 Å². The predicted molar refractivity (Wildman–Crippen MR) is 63.1 cm³/mol. The lowest BCUT2D eigenvalue weighted by Gasteiger charge is -2.07. The van der Waals surface area contributed by atoms with Crippen molar-refractivity contribution >= 4 is 11.5 Å². The molecule has 2 heterocycles. The van der Waals surface area contributed by atoms with Gasteiger partial charge in [0.2, 0.25) is 0 Å². The lowest BCUT2D eigenvalue weighted by molar-refractivity contribution is 0.764. The molecular weight excluding hydrogens is 222 g/mol. The maximum Gasteiger partial charge on any atom is 0.0807 e. The summed E-state index contributed by atoms with van der Waals surface area (Å²) in [6.07, 6.45) is 5.71. The molecule has 5 nitrogen and oxygen atoms in total. The first-order valence-corrected chi connectivity index (χ1v) is 6.05. The van der Waals surface area contributed by atoms with Crippen molar-refractivity contribution in [1.82, 2.24) is 19.4 Å². The molecule has 0 aliphatic carbocycles. The van der Waals surface area contributed by atoms with E-state index in [9.17, 15) is 0 Å². The minimum atomic E-state index is -0.157. The molecule has 2 rings (SSSR count). The van der Waals surface area contributed by atoms with Gasteiger partial charge in [-0.15, -0.1) is 5.10 Å². The van der Waals surface area contributed by atoms with E-state index in [4.69, 9.17) is 5.73 Å². The van der Waals surface area contributed by atoms with Gasteiger partial charge in [0.15, 0.2) is 0 Å². The molecule has 0 aliphatic rings. The van der Waals surface area contributed by atoms with E-state index in [-0.39, 0.29) is 6.04 Å². The van der Waals surface area contributed by atoms with Crippen LogP contribution in [0.2, 0.25) is 0 Å². The standard InChI is InChI=1S/C10H15N5S/c1-3-4-8-10(16-14-13-8)9(11)7-5-12-15(2)6-7/h5-6,9H,3-4,11H2,1-2H3. The van der Waals surface area contributed by atoms with Crippen LogP contribution in [-0.4, -0.2) is 19.4 Å². The molecule has 0 saturated heterocycles. The van der Waals surface area contributed by atoms with Gasteiger partial charge < -0.3 is 5.73 Å². The summed E-state index contributed by atoms with van der Waals surface area (Å²) in [6.45, 7) is 2.12. The number of aryl methyl sites for hydroxylation is 2. The summed E-state index contributed by atoms with van der Waals surface area (Å²) >= 11 is 1.38. The van der Waals surface area contributed by atoms with E-state index in [1.54, 1.807) is 10.9 Å². The molecule has 6 heteroatoms. The average Bonchev–Trinajstić information content (AvgIpc) is 2.87. The highest BCUT2D eigenvalue weighted by molar-refractivity contribution is 7.05. The van der Waals surface area contributed by atoms with Gasteiger partial charge >= 0.3 is 0 Å². The van der Waals surface area contributed by atoms with Gasteiger partial charge in [-0.2, -0.15) is 5.10 Å². The predicted octanol–water partition coefficient (Wildman–Crippen LogP) is 1.27. The SMILES string of the molecule is CCCc1nnsc1C(N)c1cnn(C)c1. The smallest absolute Gasteiger partial charge is 0.0807 e. The summed E-state index contributed by atoms with van der Waals surface area (Å²) in [6, 6.07) is -0.157. The summed E-state index contributed by atoms with van der Waals surface area (Å²) in [5.41, 5.74) is 8.21. The Labute approximate surface area is 98.4 Å². The fourth-order valence-corrected chi connectivity index (χ4v) is 2.34.